The first kappa shape index (κ1) is 7.73. The molecule has 0 aromatic carbocycles. The van der Waals surface area contributed by atoms with Gasteiger partial charge in [0.15, 0.2) is 11.3 Å². The van der Waals surface area contributed by atoms with E-state index in [2.05, 4.69) is 0 Å². The largest absolute Gasteiger partial charge is 0.480 e. The SMILES string of the molecule is O=C(O)[C@]12CCCN1CCC2=O. The lowest BCUT2D eigenvalue weighted by atomic mass is 9.93. The highest BCUT2D eigenvalue weighted by atomic mass is 16.4. The molecule has 1 atom stereocenters. The van der Waals surface area contributed by atoms with Gasteiger partial charge in [-0.15, -0.1) is 0 Å². The molecule has 0 bridgehead atoms. The van der Waals surface area contributed by atoms with E-state index in [-0.39, 0.29) is 5.78 Å². The number of carbonyl (C=O) groups is 2. The van der Waals surface area contributed by atoms with Crippen molar-refractivity contribution in [2.45, 2.75) is 24.8 Å². The number of fused-ring (bicyclic) bond motifs is 1. The van der Waals surface area contributed by atoms with Gasteiger partial charge in [-0.1, -0.05) is 0 Å². The molecule has 0 spiro atoms. The number of carboxylic acid groups (broad SMARTS) is 1. The molecule has 4 nitrogen and oxygen atoms in total. The molecule has 4 heteroatoms. The lowest BCUT2D eigenvalue weighted by molar-refractivity contribution is -0.152. The van der Waals surface area contributed by atoms with E-state index in [0.29, 0.717) is 19.4 Å². The van der Waals surface area contributed by atoms with Crippen molar-refractivity contribution in [3.8, 4) is 0 Å². The summed E-state index contributed by atoms with van der Waals surface area (Å²) in [6.45, 7) is 1.39. The minimum Gasteiger partial charge on any atom is -0.480 e. The summed E-state index contributed by atoms with van der Waals surface area (Å²) in [5, 5.41) is 8.98. The van der Waals surface area contributed by atoms with E-state index < -0.39 is 11.5 Å². The van der Waals surface area contributed by atoms with Crippen molar-refractivity contribution in [2.24, 2.45) is 0 Å². The van der Waals surface area contributed by atoms with Gasteiger partial charge in [0.25, 0.3) is 0 Å². The maximum Gasteiger partial charge on any atom is 0.331 e. The summed E-state index contributed by atoms with van der Waals surface area (Å²) in [5.74, 6) is -1.06. The molecule has 2 fully saturated rings. The first-order chi connectivity index (χ1) is 5.68. The highest BCUT2D eigenvalue weighted by Gasteiger charge is 2.56. The Hall–Kier alpha value is -0.900. The van der Waals surface area contributed by atoms with Crippen LogP contribution < -0.4 is 0 Å². The number of rotatable bonds is 1. The standard InChI is InChI=1S/C8H11NO3/c10-6-2-5-9-4-1-3-8(6,9)7(11)12/h1-5H2,(H,11,12)/t8-/m1/s1. The van der Waals surface area contributed by atoms with Crippen molar-refractivity contribution in [3.05, 3.63) is 0 Å². The van der Waals surface area contributed by atoms with Crippen LogP contribution in [-0.2, 0) is 9.59 Å². The van der Waals surface area contributed by atoms with E-state index in [0.717, 1.165) is 13.0 Å². The van der Waals surface area contributed by atoms with E-state index in [1.54, 1.807) is 4.90 Å². The van der Waals surface area contributed by atoms with E-state index in [1.165, 1.54) is 0 Å². The van der Waals surface area contributed by atoms with Crippen molar-refractivity contribution >= 4 is 11.8 Å². The Kier molecular flexibility index (Phi) is 1.48. The lowest BCUT2D eigenvalue weighted by Gasteiger charge is -2.24. The van der Waals surface area contributed by atoms with Gasteiger partial charge in [-0.05, 0) is 19.4 Å². The molecule has 0 amide bonds. The van der Waals surface area contributed by atoms with Gasteiger partial charge in [-0.3, -0.25) is 9.69 Å². The lowest BCUT2D eigenvalue weighted by Crippen LogP contribution is -2.50. The van der Waals surface area contributed by atoms with Crippen LogP contribution in [0.15, 0.2) is 0 Å². The van der Waals surface area contributed by atoms with Crippen molar-refractivity contribution in [1.29, 1.82) is 0 Å². The topological polar surface area (TPSA) is 57.6 Å². The maximum absolute atomic E-state index is 11.4. The quantitative estimate of drug-likeness (QED) is 0.556. The summed E-state index contributed by atoms with van der Waals surface area (Å²) in [6, 6.07) is 0. The number of Topliss-reactive ketones (excluding diaryl/α,β-unsaturated/α-hetero) is 1. The minimum absolute atomic E-state index is 0.104. The van der Waals surface area contributed by atoms with Crippen molar-refractivity contribution < 1.29 is 14.7 Å². The van der Waals surface area contributed by atoms with Crippen LogP contribution in [-0.4, -0.2) is 40.4 Å². The second kappa shape index (κ2) is 2.29. The van der Waals surface area contributed by atoms with Crippen LogP contribution >= 0.6 is 0 Å². The molecule has 0 aliphatic carbocycles. The van der Waals surface area contributed by atoms with Crippen LogP contribution in [0.25, 0.3) is 0 Å². The normalized spacial score (nSPS) is 35.5. The third-order valence-corrected chi connectivity index (χ3v) is 2.93. The molecule has 0 aromatic rings. The minimum atomic E-state index is -1.12. The Morgan fingerprint density at radius 2 is 2.25 bits per heavy atom. The molecular formula is C8H11NO3. The van der Waals surface area contributed by atoms with Crippen molar-refractivity contribution in [2.75, 3.05) is 13.1 Å². The fraction of sp³-hybridized carbons (Fsp3) is 0.750. The molecule has 2 rings (SSSR count). The Morgan fingerprint density at radius 3 is 2.83 bits per heavy atom. The van der Waals surface area contributed by atoms with Crippen LogP contribution in [0.1, 0.15) is 19.3 Å². The van der Waals surface area contributed by atoms with Gasteiger partial charge in [0, 0.05) is 13.0 Å². The first-order valence-electron chi connectivity index (χ1n) is 4.20. The summed E-state index contributed by atoms with van der Waals surface area (Å²) in [6.07, 6.45) is 1.74. The second-order valence-electron chi connectivity index (χ2n) is 3.43. The van der Waals surface area contributed by atoms with Gasteiger partial charge < -0.3 is 5.11 Å². The summed E-state index contributed by atoms with van der Waals surface area (Å²) in [4.78, 5) is 24.2. The summed E-state index contributed by atoms with van der Waals surface area (Å²) in [5.41, 5.74) is -1.12. The average Bonchev–Trinajstić information content (AvgIpc) is 2.52. The first-order valence-corrected chi connectivity index (χ1v) is 4.20. The number of ketones is 1. The third kappa shape index (κ3) is 0.705. The van der Waals surface area contributed by atoms with Crippen LogP contribution in [0.5, 0.6) is 0 Å². The zero-order valence-corrected chi connectivity index (χ0v) is 6.75. The highest BCUT2D eigenvalue weighted by molar-refractivity contribution is 6.09. The van der Waals surface area contributed by atoms with Crippen molar-refractivity contribution in [1.82, 2.24) is 4.90 Å². The molecule has 2 heterocycles. The van der Waals surface area contributed by atoms with Crippen LogP contribution in [0.4, 0.5) is 0 Å². The molecule has 0 saturated carbocycles. The predicted molar refractivity (Wildman–Crippen MR) is 40.8 cm³/mol. The number of carbonyl (C=O) groups excluding carboxylic acids is 1. The molecule has 1 N–H and O–H groups in total. The van der Waals surface area contributed by atoms with E-state index in [1.807, 2.05) is 0 Å². The Balaban J connectivity index is 2.40. The Morgan fingerprint density at radius 1 is 1.50 bits per heavy atom. The third-order valence-electron chi connectivity index (χ3n) is 2.93. The number of hydrogen-bond donors (Lipinski definition) is 1. The summed E-state index contributed by atoms with van der Waals surface area (Å²) < 4.78 is 0. The van der Waals surface area contributed by atoms with Gasteiger partial charge in [-0.25, -0.2) is 4.79 Å². The maximum atomic E-state index is 11.4. The molecule has 2 aliphatic heterocycles. The average molecular weight is 169 g/mol. The number of carboxylic acids is 1. The van der Waals surface area contributed by atoms with E-state index in [4.69, 9.17) is 5.11 Å². The molecule has 2 saturated heterocycles. The van der Waals surface area contributed by atoms with Gasteiger partial charge >= 0.3 is 5.97 Å². The molecule has 12 heavy (non-hydrogen) atoms. The van der Waals surface area contributed by atoms with Gasteiger partial charge in [0.1, 0.15) is 0 Å². The molecule has 2 aliphatic rings. The fourth-order valence-corrected chi connectivity index (χ4v) is 2.30. The van der Waals surface area contributed by atoms with Crippen molar-refractivity contribution in [3.63, 3.8) is 0 Å². The number of aliphatic carboxylic acids is 1. The van der Waals surface area contributed by atoms with Gasteiger partial charge in [-0.2, -0.15) is 0 Å². The zero-order valence-electron chi connectivity index (χ0n) is 6.75. The van der Waals surface area contributed by atoms with Crippen LogP contribution in [0.2, 0.25) is 0 Å². The van der Waals surface area contributed by atoms with Gasteiger partial charge in [0.05, 0.1) is 0 Å². The van der Waals surface area contributed by atoms with E-state index in [9.17, 15) is 9.59 Å². The number of nitrogens with zero attached hydrogens (tertiary/aromatic N) is 1. The van der Waals surface area contributed by atoms with Gasteiger partial charge in [0.2, 0.25) is 0 Å². The smallest absolute Gasteiger partial charge is 0.331 e. The summed E-state index contributed by atoms with van der Waals surface area (Å²) in [7, 11) is 0. The molecule has 0 aromatic heterocycles. The molecule has 66 valence electrons. The molecular weight excluding hydrogens is 158 g/mol. The predicted octanol–water partition coefficient (Wildman–Crippen LogP) is -0.122. The zero-order chi connectivity index (χ0) is 8.77. The molecule has 0 unspecified atom stereocenters. The van der Waals surface area contributed by atoms with Crippen LogP contribution in [0.3, 0.4) is 0 Å². The van der Waals surface area contributed by atoms with Crippen LogP contribution in [0, 0.1) is 0 Å². The van der Waals surface area contributed by atoms with E-state index >= 15 is 0 Å². The second-order valence-corrected chi connectivity index (χ2v) is 3.43. The summed E-state index contributed by atoms with van der Waals surface area (Å²) >= 11 is 0. The monoisotopic (exact) mass is 169 g/mol. The Labute approximate surface area is 70.2 Å². The molecule has 0 radical (unpaired) electrons. The highest BCUT2D eigenvalue weighted by Crippen LogP contribution is 2.36. The Bertz CT molecular complexity index is 251. The fourth-order valence-electron chi connectivity index (χ4n) is 2.30. The number of hydrogen-bond acceptors (Lipinski definition) is 3.